The molecule has 2 atom stereocenters. The second-order valence-electron chi connectivity index (χ2n) is 6.77. The van der Waals surface area contributed by atoms with Gasteiger partial charge < -0.3 is 19.5 Å². The molecule has 2 aromatic rings. The molecule has 0 saturated carbocycles. The van der Waals surface area contributed by atoms with Crippen molar-refractivity contribution in [2.24, 2.45) is 5.92 Å². The van der Waals surface area contributed by atoms with E-state index in [1.807, 2.05) is 18.2 Å². The quantitative estimate of drug-likeness (QED) is 0.872. The molecule has 0 radical (unpaired) electrons. The number of carboxylic acids is 1. The summed E-state index contributed by atoms with van der Waals surface area (Å²) in [6, 6.07) is 12.5. The van der Waals surface area contributed by atoms with E-state index in [1.54, 1.807) is 29.2 Å². The van der Waals surface area contributed by atoms with Crippen LogP contribution in [-0.2, 0) is 16.0 Å². The Bertz CT molecular complexity index is 882. The van der Waals surface area contributed by atoms with E-state index in [0.717, 1.165) is 11.1 Å². The highest BCUT2D eigenvalue weighted by atomic mass is 35.5. The smallest absolute Gasteiger partial charge is 0.308 e. The molecule has 1 fully saturated rings. The van der Waals surface area contributed by atoms with Gasteiger partial charge in [0, 0.05) is 24.0 Å². The highest BCUT2D eigenvalue weighted by Crippen LogP contribution is 2.35. The molecule has 0 spiro atoms. The van der Waals surface area contributed by atoms with Gasteiger partial charge in [-0.2, -0.15) is 0 Å². The van der Waals surface area contributed by atoms with Crippen molar-refractivity contribution in [1.29, 1.82) is 0 Å². The van der Waals surface area contributed by atoms with Crippen LogP contribution in [0.5, 0.6) is 11.5 Å². The van der Waals surface area contributed by atoms with Crippen LogP contribution in [0.25, 0.3) is 0 Å². The molecule has 0 bridgehead atoms. The predicted octanol–water partition coefficient (Wildman–Crippen LogP) is 2.94. The number of carboxylic acid groups (broad SMARTS) is 1. The van der Waals surface area contributed by atoms with E-state index in [4.69, 9.17) is 21.1 Å². The molecule has 2 aliphatic rings. The first-order chi connectivity index (χ1) is 13.0. The summed E-state index contributed by atoms with van der Waals surface area (Å²) in [5.74, 6) is -0.581. The van der Waals surface area contributed by atoms with Crippen molar-refractivity contribution >= 4 is 23.5 Å². The lowest BCUT2D eigenvalue weighted by atomic mass is 9.89. The van der Waals surface area contributed by atoms with Crippen LogP contribution in [0.4, 0.5) is 0 Å². The first kappa shape index (κ1) is 17.7. The number of ether oxygens (including phenoxy) is 2. The first-order valence-corrected chi connectivity index (χ1v) is 9.03. The van der Waals surface area contributed by atoms with E-state index < -0.39 is 11.9 Å². The molecule has 4 rings (SSSR count). The summed E-state index contributed by atoms with van der Waals surface area (Å²) in [7, 11) is 0. The lowest BCUT2D eigenvalue weighted by Crippen LogP contribution is -2.31. The average molecular weight is 388 g/mol. The summed E-state index contributed by atoms with van der Waals surface area (Å²) < 4.78 is 10.6. The number of rotatable bonds is 4. The Kier molecular flexibility index (Phi) is 4.66. The van der Waals surface area contributed by atoms with Crippen LogP contribution in [0.2, 0.25) is 5.02 Å². The minimum atomic E-state index is -0.895. The maximum absolute atomic E-state index is 12.8. The molecule has 2 aliphatic heterocycles. The van der Waals surface area contributed by atoms with Crippen LogP contribution in [0.15, 0.2) is 42.5 Å². The normalized spacial score (nSPS) is 20.7. The fourth-order valence-electron chi connectivity index (χ4n) is 3.64. The van der Waals surface area contributed by atoms with E-state index in [9.17, 15) is 14.7 Å². The maximum atomic E-state index is 12.8. The second kappa shape index (κ2) is 7.12. The maximum Gasteiger partial charge on any atom is 0.308 e. The Morgan fingerprint density at radius 2 is 1.81 bits per heavy atom. The van der Waals surface area contributed by atoms with E-state index in [-0.39, 0.29) is 31.6 Å². The van der Waals surface area contributed by atoms with Crippen LogP contribution < -0.4 is 9.47 Å². The minimum absolute atomic E-state index is 0.100. The zero-order valence-electron chi connectivity index (χ0n) is 14.4. The molecule has 1 amide bonds. The standard InChI is InChI=1S/C20H18ClNO5/c21-14-4-2-13(3-5-14)15-9-22(10-16(15)20(24)25)19(23)8-12-1-6-17-18(7-12)27-11-26-17/h1-7,15-16H,8-11H2,(H,24,25)/t15-,16+/m0/s1. The molecule has 140 valence electrons. The van der Waals surface area contributed by atoms with Gasteiger partial charge in [-0.05, 0) is 35.4 Å². The number of fused-ring (bicyclic) bond motifs is 1. The molecule has 0 aliphatic carbocycles. The molecular formula is C20H18ClNO5. The van der Waals surface area contributed by atoms with Crippen molar-refractivity contribution in [3.8, 4) is 11.5 Å². The zero-order chi connectivity index (χ0) is 19.0. The molecule has 7 heteroatoms. The number of hydrogen-bond acceptors (Lipinski definition) is 4. The average Bonchev–Trinajstić information content (AvgIpc) is 3.29. The lowest BCUT2D eigenvalue weighted by molar-refractivity contribution is -0.141. The van der Waals surface area contributed by atoms with Crippen molar-refractivity contribution in [3.05, 3.63) is 58.6 Å². The Hall–Kier alpha value is -2.73. The van der Waals surface area contributed by atoms with Gasteiger partial charge in [-0.1, -0.05) is 29.8 Å². The lowest BCUT2D eigenvalue weighted by Gasteiger charge is -2.17. The van der Waals surface area contributed by atoms with Crippen molar-refractivity contribution in [1.82, 2.24) is 4.90 Å². The van der Waals surface area contributed by atoms with E-state index in [1.165, 1.54) is 0 Å². The van der Waals surface area contributed by atoms with Gasteiger partial charge in [0.05, 0.1) is 12.3 Å². The number of carbonyl (C=O) groups excluding carboxylic acids is 1. The second-order valence-corrected chi connectivity index (χ2v) is 7.20. The van der Waals surface area contributed by atoms with Crippen LogP contribution in [0.1, 0.15) is 17.0 Å². The van der Waals surface area contributed by atoms with Gasteiger partial charge in [0.2, 0.25) is 12.7 Å². The summed E-state index contributed by atoms with van der Waals surface area (Å²) >= 11 is 5.93. The summed E-state index contributed by atoms with van der Waals surface area (Å²) in [6.45, 7) is 0.760. The Morgan fingerprint density at radius 3 is 2.56 bits per heavy atom. The number of likely N-dealkylation sites (tertiary alicyclic amines) is 1. The molecule has 0 unspecified atom stereocenters. The van der Waals surface area contributed by atoms with Crippen LogP contribution in [-0.4, -0.2) is 41.8 Å². The summed E-state index contributed by atoms with van der Waals surface area (Å²) in [6.07, 6.45) is 0.191. The van der Waals surface area contributed by atoms with E-state index in [0.29, 0.717) is 23.1 Å². The number of amides is 1. The van der Waals surface area contributed by atoms with E-state index >= 15 is 0 Å². The highest BCUT2D eigenvalue weighted by molar-refractivity contribution is 6.30. The predicted molar refractivity (Wildman–Crippen MR) is 98.2 cm³/mol. The Labute approximate surface area is 161 Å². The zero-order valence-corrected chi connectivity index (χ0v) is 15.2. The van der Waals surface area contributed by atoms with Gasteiger partial charge in [0.15, 0.2) is 11.5 Å². The van der Waals surface area contributed by atoms with E-state index in [2.05, 4.69) is 0 Å². The van der Waals surface area contributed by atoms with Gasteiger partial charge in [-0.15, -0.1) is 0 Å². The van der Waals surface area contributed by atoms with Gasteiger partial charge in [0.1, 0.15) is 0 Å². The molecule has 0 aromatic heterocycles. The Balaban J connectivity index is 1.49. The van der Waals surface area contributed by atoms with Gasteiger partial charge in [-0.25, -0.2) is 0 Å². The first-order valence-electron chi connectivity index (χ1n) is 8.66. The number of carbonyl (C=O) groups is 2. The molecule has 1 saturated heterocycles. The molecule has 2 heterocycles. The number of nitrogens with zero attached hydrogens (tertiary/aromatic N) is 1. The van der Waals surface area contributed by atoms with Crippen molar-refractivity contribution in [2.75, 3.05) is 19.9 Å². The third-order valence-corrected chi connectivity index (χ3v) is 5.33. The summed E-state index contributed by atoms with van der Waals surface area (Å²) in [5.41, 5.74) is 1.69. The van der Waals surface area contributed by atoms with Gasteiger partial charge in [-0.3, -0.25) is 9.59 Å². The van der Waals surface area contributed by atoms with Crippen molar-refractivity contribution < 1.29 is 24.2 Å². The van der Waals surface area contributed by atoms with Crippen LogP contribution in [0.3, 0.4) is 0 Å². The summed E-state index contributed by atoms with van der Waals surface area (Å²) in [4.78, 5) is 26.1. The molecule has 6 nitrogen and oxygen atoms in total. The van der Waals surface area contributed by atoms with Crippen molar-refractivity contribution in [2.45, 2.75) is 12.3 Å². The number of halogens is 1. The highest BCUT2D eigenvalue weighted by Gasteiger charge is 2.40. The Morgan fingerprint density at radius 1 is 1.07 bits per heavy atom. The molecule has 2 aromatic carbocycles. The van der Waals surface area contributed by atoms with Crippen molar-refractivity contribution in [3.63, 3.8) is 0 Å². The fourth-order valence-corrected chi connectivity index (χ4v) is 3.77. The molecule has 1 N–H and O–H groups in total. The van der Waals surface area contributed by atoms with Crippen LogP contribution in [0, 0.1) is 5.92 Å². The number of aliphatic carboxylic acids is 1. The number of benzene rings is 2. The summed E-state index contributed by atoms with van der Waals surface area (Å²) in [5, 5.41) is 10.2. The van der Waals surface area contributed by atoms with Gasteiger partial charge >= 0.3 is 5.97 Å². The topological polar surface area (TPSA) is 76.1 Å². The van der Waals surface area contributed by atoms with Crippen LogP contribution >= 0.6 is 11.6 Å². The monoisotopic (exact) mass is 387 g/mol. The SMILES string of the molecule is O=C(O)[C@@H]1CN(C(=O)Cc2ccc3c(c2)OCO3)C[C@H]1c1ccc(Cl)cc1. The fraction of sp³-hybridized carbons (Fsp3) is 0.300. The third kappa shape index (κ3) is 3.57. The largest absolute Gasteiger partial charge is 0.481 e. The minimum Gasteiger partial charge on any atom is -0.481 e. The molecule has 27 heavy (non-hydrogen) atoms. The third-order valence-electron chi connectivity index (χ3n) is 5.08. The van der Waals surface area contributed by atoms with Gasteiger partial charge in [0.25, 0.3) is 0 Å². The molecular weight excluding hydrogens is 370 g/mol. The number of hydrogen-bond donors (Lipinski definition) is 1.